The van der Waals surface area contributed by atoms with E-state index in [-0.39, 0.29) is 23.0 Å². The lowest BCUT2D eigenvalue weighted by molar-refractivity contribution is -0.146. The lowest BCUT2D eigenvalue weighted by Crippen LogP contribution is -2.55. The van der Waals surface area contributed by atoms with Gasteiger partial charge < -0.3 is 14.7 Å². The lowest BCUT2D eigenvalue weighted by atomic mass is 10.1. The van der Waals surface area contributed by atoms with Gasteiger partial charge >= 0.3 is 0 Å². The number of likely N-dealkylation sites (N-methyl/N-ethyl adjacent to an activating group) is 1. The monoisotopic (exact) mass is 393 g/mol. The Hall–Kier alpha value is -1.60. The van der Waals surface area contributed by atoms with Crippen molar-refractivity contribution in [2.75, 3.05) is 38.5 Å². The number of piperazine rings is 1. The Bertz CT molecular complexity index is 679. The molecule has 0 spiro atoms. The lowest BCUT2D eigenvalue weighted by Gasteiger charge is -2.37. The Kier molecular flexibility index (Phi) is 6.76. The largest absolute Gasteiger partial charge is 0.338 e. The van der Waals surface area contributed by atoms with Gasteiger partial charge in [0.2, 0.25) is 11.8 Å². The molecule has 1 aromatic rings. The maximum atomic E-state index is 13.7. The number of amides is 2. The molecular weight excluding hydrogens is 365 g/mol. The van der Waals surface area contributed by atoms with Crippen LogP contribution in [-0.2, 0) is 9.59 Å². The summed E-state index contributed by atoms with van der Waals surface area (Å²) in [4.78, 5) is 31.9. The Morgan fingerprint density at radius 2 is 1.93 bits per heavy atom. The van der Waals surface area contributed by atoms with Gasteiger partial charge in [-0.2, -0.15) is 0 Å². The van der Waals surface area contributed by atoms with Crippen molar-refractivity contribution < 1.29 is 14.0 Å². The maximum absolute atomic E-state index is 13.7. The predicted octanol–water partition coefficient (Wildman–Crippen LogP) is 2.73. The molecule has 0 N–H and O–H groups in total. The van der Waals surface area contributed by atoms with Gasteiger partial charge in [0, 0.05) is 38.4 Å². The molecule has 2 aliphatic heterocycles. The topological polar surface area (TPSA) is 43.9 Å². The average molecular weight is 394 g/mol. The number of hydrogen-bond donors (Lipinski definition) is 0. The van der Waals surface area contributed by atoms with Gasteiger partial charge in [0.25, 0.3) is 0 Å². The molecule has 0 radical (unpaired) electrons. The van der Waals surface area contributed by atoms with E-state index in [9.17, 15) is 14.0 Å². The van der Waals surface area contributed by atoms with Crippen molar-refractivity contribution in [3.8, 4) is 0 Å². The zero-order valence-electron chi connectivity index (χ0n) is 16.1. The van der Waals surface area contributed by atoms with Gasteiger partial charge in [0.15, 0.2) is 0 Å². The number of carbonyl (C=O) groups is 2. The van der Waals surface area contributed by atoms with Crippen LogP contribution in [0.4, 0.5) is 4.39 Å². The third-order valence-corrected chi connectivity index (χ3v) is 6.63. The summed E-state index contributed by atoms with van der Waals surface area (Å²) in [6.45, 7) is 8.22. The molecule has 0 saturated carbocycles. The van der Waals surface area contributed by atoms with E-state index in [2.05, 4.69) is 11.8 Å². The van der Waals surface area contributed by atoms with Crippen molar-refractivity contribution in [2.24, 2.45) is 0 Å². The summed E-state index contributed by atoms with van der Waals surface area (Å²) in [6, 6.07) is 5.90. The second kappa shape index (κ2) is 9.06. The molecule has 2 aliphatic rings. The normalized spacial score (nSPS) is 23.7. The predicted molar refractivity (Wildman–Crippen MR) is 106 cm³/mol. The van der Waals surface area contributed by atoms with Gasteiger partial charge in [0.1, 0.15) is 17.2 Å². The number of carbonyl (C=O) groups excluding carboxylic acids is 2. The molecule has 2 saturated heterocycles. The highest BCUT2D eigenvalue weighted by Crippen LogP contribution is 2.42. The van der Waals surface area contributed by atoms with E-state index >= 15 is 0 Å². The van der Waals surface area contributed by atoms with Gasteiger partial charge in [-0.1, -0.05) is 26.0 Å². The molecule has 27 heavy (non-hydrogen) atoms. The Labute approximate surface area is 164 Å². The van der Waals surface area contributed by atoms with Crippen molar-refractivity contribution in [2.45, 2.75) is 38.1 Å². The molecule has 7 heteroatoms. The zero-order valence-corrected chi connectivity index (χ0v) is 16.9. The highest BCUT2D eigenvalue weighted by Gasteiger charge is 2.43. The summed E-state index contributed by atoms with van der Waals surface area (Å²) in [7, 11) is 0. The highest BCUT2D eigenvalue weighted by molar-refractivity contribution is 7.99. The fourth-order valence-electron chi connectivity index (χ4n) is 3.76. The minimum Gasteiger partial charge on any atom is -0.338 e. The van der Waals surface area contributed by atoms with E-state index in [1.807, 2.05) is 17.9 Å². The first-order valence-corrected chi connectivity index (χ1v) is 10.8. The standard InChI is InChI=1S/C20H28FN3O2S/c1-3-6-18(25)24-17(19(26)23-11-9-22(4-2)10-12-23)14-27-20(24)15-7-5-8-16(21)13-15/h5,7-8,13,17,20H,3-4,6,9-12,14H2,1-2H3. The van der Waals surface area contributed by atoms with Gasteiger partial charge in [-0.3, -0.25) is 9.59 Å². The van der Waals surface area contributed by atoms with Crippen LogP contribution in [0.2, 0.25) is 0 Å². The van der Waals surface area contributed by atoms with Gasteiger partial charge in [0.05, 0.1) is 0 Å². The molecule has 148 valence electrons. The number of halogens is 1. The number of hydrogen-bond acceptors (Lipinski definition) is 4. The zero-order chi connectivity index (χ0) is 19.4. The van der Waals surface area contributed by atoms with E-state index in [4.69, 9.17) is 0 Å². The van der Waals surface area contributed by atoms with Crippen LogP contribution in [0.15, 0.2) is 24.3 Å². The fourth-order valence-corrected chi connectivity index (χ4v) is 5.19. The first-order chi connectivity index (χ1) is 13.0. The molecule has 2 heterocycles. The summed E-state index contributed by atoms with van der Waals surface area (Å²) in [5.41, 5.74) is 0.746. The summed E-state index contributed by atoms with van der Waals surface area (Å²) >= 11 is 1.55. The SMILES string of the molecule is CCCC(=O)N1C(C(=O)N2CCN(CC)CC2)CSC1c1cccc(F)c1. The minimum absolute atomic E-state index is 0.0256. The second-order valence-corrected chi connectivity index (χ2v) is 8.18. The average Bonchev–Trinajstić information content (AvgIpc) is 3.13. The number of rotatable bonds is 5. The maximum Gasteiger partial charge on any atom is 0.246 e. The molecule has 0 aromatic heterocycles. The molecule has 2 unspecified atom stereocenters. The molecule has 2 atom stereocenters. The van der Waals surface area contributed by atoms with Crippen molar-refractivity contribution in [3.05, 3.63) is 35.6 Å². The molecule has 1 aromatic carbocycles. The van der Waals surface area contributed by atoms with Crippen LogP contribution in [0.1, 0.15) is 37.6 Å². The molecule has 5 nitrogen and oxygen atoms in total. The first kappa shape index (κ1) is 20.1. The Morgan fingerprint density at radius 1 is 1.19 bits per heavy atom. The van der Waals surface area contributed by atoms with Crippen molar-refractivity contribution in [1.29, 1.82) is 0 Å². The van der Waals surface area contributed by atoms with Crippen LogP contribution in [0.5, 0.6) is 0 Å². The summed E-state index contributed by atoms with van der Waals surface area (Å²) in [6.07, 6.45) is 1.13. The van der Waals surface area contributed by atoms with Crippen LogP contribution < -0.4 is 0 Å². The van der Waals surface area contributed by atoms with E-state index in [1.54, 1.807) is 22.7 Å². The Balaban J connectivity index is 1.79. The van der Waals surface area contributed by atoms with Gasteiger partial charge in [-0.05, 0) is 30.7 Å². The summed E-state index contributed by atoms with van der Waals surface area (Å²) in [5, 5.41) is -0.300. The molecule has 2 amide bonds. The van der Waals surface area contributed by atoms with E-state index in [0.717, 1.165) is 31.6 Å². The van der Waals surface area contributed by atoms with E-state index in [1.165, 1.54) is 12.1 Å². The number of benzene rings is 1. The highest BCUT2D eigenvalue weighted by atomic mass is 32.2. The third-order valence-electron chi connectivity index (χ3n) is 5.30. The van der Waals surface area contributed by atoms with Gasteiger partial charge in [-0.25, -0.2) is 4.39 Å². The fraction of sp³-hybridized carbons (Fsp3) is 0.600. The Morgan fingerprint density at radius 3 is 2.56 bits per heavy atom. The third kappa shape index (κ3) is 4.46. The van der Waals surface area contributed by atoms with Crippen LogP contribution in [0.3, 0.4) is 0 Å². The molecule has 0 bridgehead atoms. The van der Waals surface area contributed by atoms with Crippen molar-refractivity contribution >= 4 is 23.6 Å². The summed E-state index contributed by atoms with van der Waals surface area (Å²) in [5.74, 6) is 0.245. The van der Waals surface area contributed by atoms with Crippen LogP contribution >= 0.6 is 11.8 Å². The summed E-state index contributed by atoms with van der Waals surface area (Å²) < 4.78 is 13.7. The molecular formula is C20H28FN3O2S. The molecule has 0 aliphatic carbocycles. The number of thioether (sulfide) groups is 1. The van der Waals surface area contributed by atoms with Crippen molar-refractivity contribution in [3.63, 3.8) is 0 Å². The number of nitrogens with zero attached hydrogens (tertiary/aromatic N) is 3. The van der Waals surface area contributed by atoms with Crippen LogP contribution in [0, 0.1) is 5.82 Å². The van der Waals surface area contributed by atoms with Gasteiger partial charge in [-0.15, -0.1) is 11.8 Å². The van der Waals surface area contributed by atoms with Crippen molar-refractivity contribution in [1.82, 2.24) is 14.7 Å². The molecule has 2 fully saturated rings. The first-order valence-electron chi connectivity index (χ1n) is 9.74. The molecule has 3 rings (SSSR count). The van der Waals surface area contributed by atoms with E-state index < -0.39 is 6.04 Å². The minimum atomic E-state index is -0.463. The second-order valence-electron chi connectivity index (χ2n) is 7.07. The van der Waals surface area contributed by atoms with Crippen LogP contribution in [0.25, 0.3) is 0 Å². The van der Waals surface area contributed by atoms with E-state index in [0.29, 0.717) is 25.3 Å². The quantitative estimate of drug-likeness (QED) is 0.772. The van der Waals surface area contributed by atoms with Crippen LogP contribution in [-0.4, -0.2) is 71.0 Å². The smallest absolute Gasteiger partial charge is 0.246 e.